The molecule has 27 heavy (non-hydrogen) atoms. The van der Waals surface area contributed by atoms with Crippen molar-refractivity contribution in [1.29, 1.82) is 0 Å². The van der Waals surface area contributed by atoms with Crippen molar-refractivity contribution in [2.75, 3.05) is 5.32 Å². The summed E-state index contributed by atoms with van der Waals surface area (Å²) >= 11 is 7.47. The standard InChI is InChI=1S/C19H15ClN2O4S/c1-10(18(24)22-12-8-6-11(7-9-12)17(21)23)26-19(25)16-15(20)13-4-2-3-5-14(13)27-16/h2-10H,1H3,(H2,21,23)(H,22,24). The van der Waals surface area contributed by atoms with E-state index in [2.05, 4.69) is 5.32 Å². The topological polar surface area (TPSA) is 98.5 Å². The van der Waals surface area contributed by atoms with Gasteiger partial charge in [0, 0.05) is 21.3 Å². The van der Waals surface area contributed by atoms with Crippen molar-refractivity contribution in [2.45, 2.75) is 13.0 Å². The Kier molecular flexibility index (Phi) is 5.43. The summed E-state index contributed by atoms with van der Waals surface area (Å²) in [4.78, 5) is 36.0. The number of nitrogens with one attached hydrogen (secondary N) is 1. The number of nitrogens with two attached hydrogens (primary N) is 1. The van der Waals surface area contributed by atoms with Crippen LogP contribution in [0.4, 0.5) is 5.69 Å². The fourth-order valence-corrected chi connectivity index (χ4v) is 3.77. The molecule has 1 aromatic heterocycles. The van der Waals surface area contributed by atoms with Gasteiger partial charge in [0.05, 0.1) is 5.02 Å². The minimum absolute atomic E-state index is 0.253. The SMILES string of the molecule is CC(OC(=O)c1sc2ccccc2c1Cl)C(=O)Nc1ccc(C(N)=O)cc1. The summed E-state index contributed by atoms with van der Waals surface area (Å²) in [6, 6.07) is 13.4. The van der Waals surface area contributed by atoms with E-state index >= 15 is 0 Å². The molecule has 0 bridgehead atoms. The van der Waals surface area contributed by atoms with Crippen LogP contribution in [0.15, 0.2) is 48.5 Å². The Morgan fingerprint density at radius 3 is 2.41 bits per heavy atom. The number of hydrogen-bond donors (Lipinski definition) is 2. The second kappa shape index (κ2) is 7.77. The molecule has 0 saturated carbocycles. The zero-order valence-corrected chi connectivity index (χ0v) is 15.8. The molecule has 3 rings (SSSR count). The average Bonchev–Trinajstić information content (AvgIpc) is 2.99. The van der Waals surface area contributed by atoms with Crippen LogP contribution in [0.1, 0.15) is 27.0 Å². The predicted octanol–water partition coefficient (Wildman–Crippen LogP) is 3.84. The molecule has 0 fully saturated rings. The third-order valence-corrected chi connectivity index (χ3v) is 5.47. The molecule has 0 saturated heterocycles. The molecule has 2 aromatic carbocycles. The number of rotatable bonds is 5. The number of esters is 1. The second-order valence-electron chi connectivity index (χ2n) is 5.72. The molecule has 8 heteroatoms. The first-order chi connectivity index (χ1) is 12.9. The number of amides is 2. The lowest BCUT2D eigenvalue weighted by molar-refractivity contribution is -0.123. The zero-order valence-electron chi connectivity index (χ0n) is 14.2. The van der Waals surface area contributed by atoms with Gasteiger partial charge in [0.2, 0.25) is 5.91 Å². The lowest BCUT2D eigenvalue weighted by Gasteiger charge is -2.13. The van der Waals surface area contributed by atoms with E-state index in [0.29, 0.717) is 16.3 Å². The molecule has 0 radical (unpaired) electrons. The maximum atomic E-state index is 12.4. The van der Waals surface area contributed by atoms with Crippen LogP contribution in [0.2, 0.25) is 5.02 Å². The lowest BCUT2D eigenvalue weighted by Crippen LogP contribution is -2.29. The van der Waals surface area contributed by atoms with Crippen molar-refractivity contribution in [3.8, 4) is 0 Å². The number of ether oxygens (including phenoxy) is 1. The first-order valence-electron chi connectivity index (χ1n) is 7.95. The van der Waals surface area contributed by atoms with Gasteiger partial charge >= 0.3 is 5.97 Å². The van der Waals surface area contributed by atoms with Gasteiger partial charge in [0.15, 0.2) is 6.10 Å². The molecule has 1 heterocycles. The van der Waals surface area contributed by atoms with Crippen molar-refractivity contribution in [3.05, 3.63) is 64.0 Å². The number of thiophene rings is 1. The number of primary amides is 1. The summed E-state index contributed by atoms with van der Waals surface area (Å²) < 4.78 is 6.11. The number of carbonyl (C=O) groups is 3. The van der Waals surface area contributed by atoms with E-state index in [1.54, 1.807) is 0 Å². The number of benzene rings is 2. The van der Waals surface area contributed by atoms with Crippen LogP contribution in [0.3, 0.4) is 0 Å². The van der Waals surface area contributed by atoms with Crippen molar-refractivity contribution in [3.63, 3.8) is 0 Å². The maximum Gasteiger partial charge on any atom is 0.350 e. The summed E-state index contributed by atoms with van der Waals surface area (Å²) in [5.41, 5.74) is 5.95. The zero-order chi connectivity index (χ0) is 19.6. The number of fused-ring (bicyclic) bond motifs is 1. The van der Waals surface area contributed by atoms with Crippen molar-refractivity contribution in [2.24, 2.45) is 5.73 Å². The van der Waals surface area contributed by atoms with Gasteiger partial charge in [-0.3, -0.25) is 9.59 Å². The summed E-state index contributed by atoms with van der Waals surface area (Å²) in [5.74, 6) is -1.73. The van der Waals surface area contributed by atoms with Crippen molar-refractivity contribution >= 4 is 56.5 Å². The Bertz CT molecular complexity index is 1030. The number of anilines is 1. The van der Waals surface area contributed by atoms with Crippen LogP contribution in [0.5, 0.6) is 0 Å². The van der Waals surface area contributed by atoms with Gasteiger partial charge in [-0.2, -0.15) is 0 Å². The Balaban J connectivity index is 1.67. The maximum absolute atomic E-state index is 12.4. The predicted molar refractivity (Wildman–Crippen MR) is 105 cm³/mol. The lowest BCUT2D eigenvalue weighted by atomic mass is 10.2. The van der Waals surface area contributed by atoms with Gasteiger partial charge in [-0.25, -0.2) is 4.79 Å². The number of halogens is 1. The molecule has 0 aliphatic carbocycles. The summed E-state index contributed by atoms with van der Waals surface area (Å²) in [6.07, 6.45) is -1.03. The first kappa shape index (κ1) is 18.9. The molecular weight excluding hydrogens is 388 g/mol. The monoisotopic (exact) mass is 402 g/mol. The highest BCUT2D eigenvalue weighted by molar-refractivity contribution is 7.21. The molecule has 0 spiro atoms. The second-order valence-corrected chi connectivity index (χ2v) is 7.15. The number of hydrogen-bond acceptors (Lipinski definition) is 5. The minimum atomic E-state index is -1.03. The molecule has 1 atom stereocenters. The Morgan fingerprint density at radius 1 is 1.11 bits per heavy atom. The van der Waals surface area contributed by atoms with Crippen molar-refractivity contribution < 1.29 is 19.1 Å². The van der Waals surface area contributed by atoms with Gasteiger partial charge in [0.1, 0.15) is 4.88 Å². The smallest absolute Gasteiger partial charge is 0.350 e. The van der Waals surface area contributed by atoms with Gasteiger partial charge in [0.25, 0.3) is 5.91 Å². The molecule has 0 aliphatic rings. The highest BCUT2D eigenvalue weighted by Gasteiger charge is 2.23. The molecule has 3 N–H and O–H groups in total. The quantitative estimate of drug-likeness (QED) is 0.633. The van der Waals surface area contributed by atoms with Crippen LogP contribution in [0, 0.1) is 0 Å². The third kappa shape index (κ3) is 4.10. The summed E-state index contributed by atoms with van der Waals surface area (Å²) in [6.45, 7) is 1.46. The molecule has 0 aliphatic heterocycles. The fraction of sp³-hybridized carbons (Fsp3) is 0.105. The number of carbonyl (C=O) groups excluding carboxylic acids is 3. The minimum Gasteiger partial charge on any atom is -0.448 e. The Morgan fingerprint density at radius 2 is 1.78 bits per heavy atom. The third-order valence-electron chi connectivity index (χ3n) is 3.81. The summed E-state index contributed by atoms with van der Waals surface area (Å²) in [7, 11) is 0. The molecule has 3 aromatic rings. The van der Waals surface area contributed by atoms with Gasteiger partial charge < -0.3 is 15.8 Å². The van der Waals surface area contributed by atoms with Crippen LogP contribution < -0.4 is 11.1 Å². The van der Waals surface area contributed by atoms with E-state index in [1.807, 2.05) is 24.3 Å². The van der Waals surface area contributed by atoms with Gasteiger partial charge in [-0.15, -0.1) is 11.3 Å². The molecule has 1 unspecified atom stereocenters. The highest BCUT2D eigenvalue weighted by atomic mass is 35.5. The average molecular weight is 403 g/mol. The molecule has 2 amide bonds. The van der Waals surface area contributed by atoms with Crippen LogP contribution in [-0.4, -0.2) is 23.9 Å². The normalized spacial score (nSPS) is 11.8. The Labute approximate surface area is 163 Å². The molecule has 138 valence electrons. The fourth-order valence-electron chi connectivity index (χ4n) is 2.37. The van der Waals surface area contributed by atoms with Crippen LogP contribution in [0.25, 0.3) is 10.1 Å². The first-order valence-corrected chi connectivity index (χ1v) is 9.15. The molecule has 6 nitrogen and oxygen atoms in total. The Hall–Kier alpha value is -2.90. The summed E-state index contributed by atoms with van der Waals surface area (Å²) in [5, 5.41) is 3.69. The largest absolute Gasteiger partial charge is 0.448 e. The van der Waals surface area contributed by atoms with E-state index in [1.165, 1.54) is 42.5 Å². The van der Waals surface area contributed by atoms with E-state index in [-0.39, 0.29) is 4.88 Å². The van der Waals surface area contributed by atoms with E-state index < -0.39 is 23.9 Å². The van der Waals surface area contributed by atoms with Crippen molar-refractivity contribution in [1.82, 2.24) is 0 Å². The van der Waals surface area contributed by atoms with Gasteiger partial charge in [-0.05, 0) is 37.3 Å². The molecular formula is C19H15ClN2O4S. The van der Waals surface area contributed by atoms with E-state index in [0.717, 1.165) is 10.1 Å². The van der Waals surface area contributed by atoms with E-state index in [9.17, 15) is 14.4 Å². The van der Waals surface area contributed by atoms with E-state index in [4.69, 9.17) is 22.1 Å². The van der Waals surface area contributed by atoms with Crippen LogP contribution >= 0.6 is 22.9 Å². The van der Waals surface area contributed by atoms with Crippen LogP contribution in [-0.2, 0) is 9.53 Å². The van der Waals surface area contributed by atoms with Gasteiger partial charge in [-0.1, -0.05) is 29.8 Å². The highest BCUT2D eigenvalue weighted by Crippen LogP contribution is 2.35.